The van der Waals surface area contributed by atoms with E-state index in [9.17, 15) is 4.79 Å². The fraction of sp³-hybridized carbons (Fsp3) is 0.444. The summed E-state index contributed by atoms with van der Waals surface area (Å²) < 4.78 is 10.5. The molecule has 134 valence electrons. The lowest BCUT2D eigenvalue weighted by Gasteiger charge is -2.34. The maximum absolute atomic E-state index is 12.4. The molecule has 0 bridgehead atoms. The van der Waals surface area contributed by atoms with Crippen molar-refractivity contribution in [2.45, 2.75) is 18.4 Å². The number of thioether (sulfide) groups is 1. The Balaban J connectivity index is 1.43. The number of piperazine rings is 1. The monoisotopic (exact) mass is 361 g/mol. The normalized spacial score (nSPS) is 15.4. The van der Waals surface area contributed by atoms with Gasteiger partial charge >= 0.3 is 0 Å². The van der Waals surface area contributed by atoms with Crippen LogP contribution < -0.4 is 4.74 Å². The number of carbonyl (C=O) groups excluding carboxylic acids is 1. The Labute approximate surface area is 152 Å². The van der Waals surface area contributed by atoms with Gasteiger partial charge in [0.25, 0.3) is 0 Å². The number of amides is 1. The summed E-state index contributed by atoms with van der Waals surface area (Å²) in [6.07, 6.45) is 0. The molecule has 25 heavy (non-hydrogen) atoms. The van der Waals surface area contributed by atoms with Gasteiger partial charge in [0.1, 0.15) is 5.75 Å². The Morgan fingerprint density at radius 1 is 1.28 bits per heavy atom. The number of hydrogen-bond donors (Lipinski definition) is 0. The molecule has 1 aromatic carbocycles. The molecule has 0 saturated carbocycles. The molecule has 1 aliphatic heterocycles. The third-order valence-electron chi connectivity index (χ3n) is 4.18. The van der Waals surface area contributed by atoms with E-state index < -0.39 is 0 Å². The average molecular weight is 361 g/mol. The Hall–Kier alpha value is -1.99. The molecule has 0 atom stereocenters. The van der Waals surface area contributed by atoms with Crippen molar-refractivity contribution < 1.29 is 14.1 Å². The molecule has 2 heterocycles. The zero-order valence-corrected chi connectivity index (χ0v) is 15.4. The van der Waals surface area contributed by atoms with Gasteiger partial charge in [-0.1, -0.05) is 11.2 Å². The molecule has 2 aromatic rings. The van der Waals surface area contributed by atoms with E-state index in [-0.39, 0.29) is 5.91 Å². The molecule has 0 unspecified atom stereocenters. The molecule has 1 saturated heterocycles. The van der Waals surface area contributed by atoms with Gasteiger partial charge < -0.3 is 14.2 Å². The van der Waals surface area contributed by atoms with Gasteiger partial charge in [0, 0.05) is 37.1 Å². The first-order chi connectivity index (χ1) is 12.1. The Morgan fingerprint density at radius 3 is 2.76 bits per heavy atom. The number of aryl methyl sites for hydroxylation is 1. The Bertz CT molecular complexity index is 711. The number of benzene rings is 1. The quantitative estimate of drug-likeness (QED) is 0.737. The Kier molecular flexibility index (Phi) is 5.99. The van der Waals surface area contributed by atoms with Gasteiger partial charge in [-0.3, -0.25) is 9.69 Å². The first-order valence-corrected chi connectivity index (χ1v) is 9.32. The number of ether oxygens (including phenoxy) is 1. The number of aromatic nitrogens is 1. The summed E-state index contributed by atoms with van der Waals surface area (Å²) in [7, 11) is 1.65. The fourth-order valence-electron chi connectivity index (χ4n) is 2.79. The molecular formula is C18H23N3O3S. The smallest absolute Gasteiger partial charge is 0.233 e. The molecule has 6 nitrogen and oxygen atoms in total. The molecule has 0 spiro atoms. The van der Waals surface area contributed by atoms with Crippen LogP contribution in [0.4, 0.5) is 0 Å². The minimum absolute atomic E-state index is 0.183. The van der Waals surface area contributed by atoms with Crippen LogP contribution >= 0.6 is 11.8 Å². The molecule has 3 rings (SSSR count). The molecular weight excluding hydrogens is 338 g/mol. The number of methoxy groups -OCH3 is 1. The van der Waals surface area contributed by atoms with Gasteiger partial charge in [-0.25, -0.2) is 0 Å². The van der Waals surface area contributed by atoms with Gasteiger partial charge in [-0.05, 0) is 25.1 Å². The second-order valence-electron chi connectivity index (χ2n) is 6.06. The van der Waals surface area contributed by atoms with Crippen molar-refractivity contribution in [3.05, 3.63) is 41.8 Å². The minimum Gasteiger partial charge on any atom is -0.497 e. The van der Waals surface area contributed by atoms with E-state index in [0.717, 1.165) is 54.8 Å². The van der Waals surface area contributed by atoms with Gasteiger partial charge in [-0.2, -0.15) is 0 Å². The van der Waals surface area contributed by atoms with Gasteiger partial charge in [-0.15, -0.1) is 11.8 Å². The van der Waals surface area contributed by atoms with Crippen LogP contribution in [0.2, 0.25) is 0 Å². The number of rotatable bonds is 6. The molecule has 7 heteroatoms. The number of carbonyl (C=O) groups is 1. The van der Waals surface area contributed by atoms with Crippen molar-refractivity contribution in [1.82, 2.24) is 15.0 Å². The maximum atomic E-state index is 12.4. The van der Waals surface area contributed by atoms with E-state index in [4.69, 9.17) is 9.26 Å². The van der Waals surface area contributed by atoms with Crippen LogP contribution in [0.3, 0.4) is 0 Å². The molecule has 1 fully saturated rings. The lowest BCUT2D eigenvalue weighted by molar-refractivity contribution is -0.130. The predicted octanol–water partition coefficient (Wildman–Crippen LogP) is 2.43. The molecule has 1 aromatic heterocycles. The molecule has 1 amide bonds. The first kappa shape index (κ1) is 17.8. The topological polar surface area (TPSA) is 58.8 Å². The highest BCUT2D eigenvalue weighted by Crippen LogP contribution is 2.23. The van der Waals surface area contributed by atoms with Gasteiger partial charge in [0.05, 0.1) is 25.1 Å². The summed E-state index contributed by atoms with van der Waals surface area (Å²) in [4.78, 5) is 17.7. The van der Waals surface area contributed by atoms with Gasteiger partial charge in [0.15, 0.2) is 5.76 Å². The van der Waals surface area contributed by atoms with E-state index in [2.05, 4.69) is 10.1 Å². The van der Waals surface area contributed by atoms with Crippen LogP contribution in [0.25, 0.3) is 0 Å². The third kappa shape index (κ3) is 4.99. The van der Waals surface area contributed by atoms with E-state index in [1.54, 1.807) is 18.9 Å². The summed E-state index contributed by atoms with van der Waals surface area (Å²) in [6.45, 7) is 5.89. The molecule has 0 radical (unpaired) electrons. The average Bonchev–Trinajstić information content (AvgIpc) is 3.05. The number of nitrogens with zero attached hydrogens (tertiary/aromatic N) is 3. The van der Waals surface area contributed by atoms with Crippen LogP contribution in [-0.4, -0.2) is 59.9 Å². The van der Waals surface area contributed by atoms with Crippen molar-refractivity contribution in [2.24, 2.45) is 0 Å². The summed E-state index contributed by atoms with van der Waals surface area (Å²) in [5.74, 6) is 2.33. The zero-order chi connectivity index (χ0) is 17.6. The van der Waals surface area contributed by atoms with Crippen LogP contribution in [0.1, 0.15) is 11.5 Å². The summed E-state index contributed by atoms with van der Waals surface area (Å²) >= 11 is 1.55. The summed E-state index contributed by atoms with van der Waals surface area (Å²) in [5, 5.41) is 3.91. The lowest BCUT2D eigenvalue weighted by Crippen LogP contribution is -2.48. The second kappa shape index (κ2) is 8.40. The number of hydrogen-bond acceptors (Lipinski definition) is 6. The molecule has 1 aliphatic rings. The van der Waals surface area contributed by atoms with Crippen molar-refractivity contribution >= 4 is 17.7 Å². The SMILES string of the molecule is COc1cccc(SCC(=O)N2CCN(Cc3cc(C)no3)CC2)c1. The van der Waals surface area contributed by atoms with Crippen molar-refractivity contribution in [2.75, 3.05) is 39.0 Å². The molecule has 0 N–H and O–H groups in total. The second-order valence-corrected chi connectivity index (χ2v) is 7.11. The van der Waals surface area contributed by atoms with Crippen molar-refractivity contribution in [3.8, 4) is 5.75 Å². The van der Waals surface area contributed by atoms with Crippen LogP contribution in [0.15, 0.2) is 39.8 Å². The van der Waals surface area contributed by atoms with Crippen molar-refractivity contribution in [1.29, 1.82) is 0 Å². The minimum atomic E-state index is 0.183. The first-order valence-electron chi connectivity index (χ1n) is 8.33. The Morgan fingerprint density at radius 2 is 2.08 bits per heavy atom. The van der Waals surface area contributed by atoms with Crippen molar-refractivity contribution in [3.63, 3.8) is 0 Å². The van der Waals surface area contributed by atoms with E-state index in [0.29, 0.717) is 5.75 Å². The van der Waals surface area contributed by atoms with Crippen LogP contribution in [0.5, 0.6) is 5.75 Å². The zero-order valence-electron chi connectivity index (χ0n) is 14.6. The summed E-state index contributed by atoms with van der Waals surface area (Å²) in [5.41, 5.74) is 0.901. The third-order valence-corrected chi connectivity index (χ3v) is 5.16. The van der Waals surface area contributed by atoms with E-state index >= 15 is 0 Å². The van der Waals surface area contributed by atoms with Crippen LogP contribution in [-0.2, 0) is 11.3 Å². The predicted molar refractivity (Wildman–Crippen MR) is 96.8 cm³/mol. The van der Waals surface area contributed by atoms with Crippen LogP contribution in [0, 0.1) is 6.92 Å². The highest BCUT2D eigenvalue weighted by Gasteiger charge is 2.22. The largest absolute Gasteiger partial charge is 0.497 e. The highest BCUT2D eigenvalue weighted by molar-refractivity contribution is 8.00. The van der Waals surface area contributed by atoms with E-state index in [1.807, 2.05) is 42.2 Å². The van der Waals surface area contributed by atoms with Gasteiger partial charge in [0.2, 0.25) is 5.91 Å². The highest BCUT2D eigenvalue weighted by atomic mass is 32.2. The fourth-order valence-corrected chi connectivity index (χ4v) is 3.64. The maximum Gasteiger partial charge on any atom is 0.233 e. The lowest BCUT2D eigenvalue weighted by atomic mass is 10.3. The summed E-state index contributed by atoms with van der Waals surface area (Å²) in [6, 6.07) is 9.76. The standard InChI is InChI=1S/C18H23N3O3S/c1-14-10-16(24-19-14)12-20-6-8-21(9-7-20)18(22)13-25-17-5-3-4-15(11-17)23-2/h3-5,10-11H,6-9,12-13H2,1-2H3. The molecule has 0 aliphatic carbocycles. The van der Waals surface area contributed by atoms with E-state index in [1.165, 1.54) is 0 Å².